The Morgan fingerprint density at radius 3 is 2.61 bits per heavy atom. The van der Waals surface area contributed by atoms with Crippen LogP contribution in [0, 0.1) is 0 Å². The summed E-state index contributed by atoms with van der Waals surface area (Å²) in [4.78, 5) is 12.0. The number of nitrogens with two attached hydrogens (primary N) is 1. The maximum absolute atomic E-state index is 12.0. The topological polar surface area (TPSA) is 43.1 Å². The van der Waals surface area contributed by atoms with Crippen LogP contribution in [0.25, 0.3) is 0 Å². The molecule has 0 spiro atoms. The molecule has 94 valence electrons. The molecular formula is C14H14BrNOS. The van der Waals surface area contributed by atoms with Gasteiger partial charge in [-0.05, 0) is 27.9 Å². The minimum absolute atomic E-state index is 0.0763. The Hall–Kier alpha value is -0.970. The molecule has 1 atom stereocenters. The smallest absolute Gasteiger partial charge is 0.164 e. The van der Waals surface area contributed by atoms with Crippen molar-refractivity contribution in [1.82, 2.24) is 0 Å². The first-order valence-electron chi connectivity index (χ1n) is 5.74. The number of benzene rings is 1. The second-order valence-electron chi connectivity index (χ2n) is 4.11. The second-order valence-corrected chi connectivity index (χ2v) is 5.71. The fraction of sp³-hybridized carbons (Fsp3) is 0.214. The fourth-order valence-corrected chi connectivity index (χ4v) is 3.29. The van der Waals surface area contributed by atoms with Gasteiger partial charge in [-0.1, -0.05) is 30.3 Å². The minimum Gasteiger partial charge on any atom is -0.324 e. The zero-order valence-electron chi connectivity index (χ0n) is 9.80. The summed E-state index contributed by atoms with van der Waals surface area (Å²) in [5, 5.41) is 3.80. The number of carbonyl (C=O) groups is 1. The van der Waals surface area contributed by atoms with E-state index in [-0.39, 0.29) is 11.8 Å². The molecule has 0 aliphatic heterocycles. The molecule has 2 N–H and O–H groups in total. The van der Waals surface area contributed by atoms with E-state index >= 15 is 0 Å². The van der Waals surface area contributed by atoms with Crippen LogP contribution in [0.5, 0.6) is 0 Å². The molecule has 0 bridgehead atoms. The highest BCUT2D eigenvalue weighted by molar-refractivity contribution is 9.10. The van der Waals surface area contributed by atoms with Gasteiger partial charge in [0.1, 0.15) is 0 Å². The lowest BCUT2D eigenvalue weighted by Gasteiger charge is -2.10. The number of hydrogen-bond donors (Lipinski definition) is 1. The van der Waals surface area contributed by atoms with Crippen molar-refractivity contribution in [3.05, 3.63) is 56.7 Å². The predicted molar refractivity (Wildman–Crippen MR) is 79.0 cm³/mol. The van der Waals surface area contributed by atoms with Crippen molar-refractivity contribution < 1.29 is 4.79 Å². The van der Waals surface area contributed by atoms with Gasteiger partial charge in [0.05, 0.1) is 0 Å². The van der Waals surface area contributed by atoms with Gasteiger partial charge < -0.3 is 5.73 Å². The molecule has 0 fully saturated rings. The molecule has 1 aromatic carbocycles. The van der Waals surface area contributed by atoms with Crippen LogP contribution in [-0.4, -0.2) is 5.78 Å². The summed E-state index contributed by atoms with van der Waals surface area (Å²) in [5.74, 6) is 0.148. The van der Waals surface area contributed by atoms with Crippen molar-refractivity contribution in [2.24, 2.45) is 5.73 Å². The van der Waals surface area contributed by atoms with Crippen LogP contribution in [0.4, 0.5) is 0 Å². The highest BCUT2D eigenvalue weighted by Crippen LogP contribution is 2.24. The quantitative estimate of drug-likeness (QED) is 0.839. The molecule has 1 aromatic heterocycles. The molecule has 0 saturated carbocycles. The molecule has 2 nitrogen and oxygen atoms in total. The SMILES string of the molecule is NC(CCC(=O)c1cscc1Br)c1ccccc1. The first kappa shape index (κ1) is 13.5. The maximum Gasteiger partial charge on any atom is 0.164 e. The monoisotopic (exact) mass is 323 g/mol. The predicted octanol–water partition coefficient (Wildman–Crippen LogP) is 4.17. The number of rotatable bonds is 5. The molecule has 0 aliphatic carbocycles. The van der Waals surface area contributed by atoms with Gasteiger partial charge in [0, 0.05) is 33.3 Å². The Bertz CT molecular complexity index is 524. The minimum atomic E-state index is -0.0763. The first-order valence-corrected chi connectivity index (χ1v) is 7.47. The number of thiophene rings is 1. The van der Waals surface area contributed by atoms with E-state index in [0.29, 0.717) is 12.8 Å². The van der Waals surface area contributed by atoms with Crippen molar-refractivity contribution in [3.8, 4) is 0 Å². The lowest BCUT2D eigenvalue weighted by Crippen LogP contribution is -2.12. The van der Waals surface area contributed by atoms with Crippen molar-refractivity contribution in [2.75, 3.05) is 0 Å². The van der Waals surface area contributed by atoms with Gasteiger partial charge in [-0.15, -0.1) is 0 Å². The van der Waals surface area contributed by atoms with E-state index in [9.17, 15) is 4.79 Å². The molecule has 2 aromatic rings. The van der Waals surface area contributed by atoms with Crippen LogP contribution in [0.1, 0.15) is 34.8 Å². The summed E-state index contributed by atoms with van der Waals surface area (Å²) in [6.45, 7) is 0. The Balaban J connectivity index is 1.93. The van der Waals surface area contributed by atoms with Crippen LogP contribution in [0.15, 0.2) is 45.6 Å². The number of hydrogen-bond acceptors (Lipinski definition) is 3. The molecule has 1 heterocycles. The van der Waals surface area contributed by atoms with E-state index < -0.39 is 0 Å². The van der Waals surface area contributed by atoms with Crippen LogP contribution < -0.4 is 5.73 Å². The van der Waals surface area contributed by atoms with Gasteiger partial charge in [-0.2, -0.15) is 11.3 Å². The van der Waals surface area contributed by atoms with Gasteiger partial charge in [-0.25, -0.2) is 0 Å². The zero-order valence-corrected chi connectivity index (χ0v) is 12.2. The molecule has 0 saturated heterocycles. The number of halogens is 1. The normalized spacial score (nSPS) is 12.3. The average Bonchev–Trinajstić information content (AvgIpc) is 2.83. The van der Waals surface area contributed by atoms with E-state index in [4.69, 9.17) is 5.73 Å². The van der Waals surface area contributed by atoms with Crippen molar-refractivity contribution in [3.63, 3.8) is 0 Å². The highest BCUT2D eigenvalue weighted by Gasteiger charge is 2.13. The molecule has 0 radical (unpaired) electrons. The highest BCUT2D eigenvalue weighted by atomic mass is 79.9. The molecule has 4 heteroatoms. The van der Waals surface area contributed by atoms with E-state index in [0.717, 1.165) is 15.6 Å². The largest absolute Gasteiger partial charge is 0.324 e. The van der Waals surface area contributed by atoms with Gasteiger partial charge in [-0.3, -0.25) is 4.79 Å². The Morgan fingerprint density at radius 2 is 2.00 bits per heavy atom. The van der Waals surface area contributed by atoms with Crippen LogP contribution in [-0.2, 0) is 0 Å². The standard InChI is InChI=1S/C14H14BrNOS/c15-12-9-18-8-11(12)14(17)7-6-13(16)10-4-2-1-3-5-10/h1-5,8-9,13H,6-7,16H2. The summed E-state index contributed by atoms with van der Waals surface area (Å²) in [5.41, 5.74) is 7.92. The van der Waals surface area contributed by atoms with Crippen LogP contribution >= 0.6 is 27.3 Å². The van der Waals surface area contributed by atoms with Crippen LogP contribution in [0.2, 0.25) is 0 Å². The van der Waals surface area contributed by atoms with Crippen LogP contribution in [0.3, 0.4) is 0 Å². The third kappa shape index (κ3) is 3.28. The van der Waals surface area contributed by atoms with E-state index in [2.05, 4.69) is 15.9 Å². The summed E-state index contributed by atoms with van der Waals surface area (Å²) < 4.78 is 0.880. The van der Waals surface area contributed by atoms with Gasteiger partial charge >= 0.3 is 0 Å². The van der Waals surface area contributed by atoms with E-state index in [1.165, 1.54) is 11.3 Å². The summed E-state index contributed by atoms with van der Waals surface area (Å²) >= 11 is 4.90. The lowest BCUT2D eigenvalue weighted by molar-refractivity contribution is 0.0977. The summed E-state index contributed by atoms with van der Waals surface area (Å²) in [6, 6.07) is 9.81. The first-order chi connectivity index (χ1) is 8.68. The Morgan fingerprint density at radius 1 is 1.28 bits per heavy atom. The molecule has 1 unspecified atom stereocenters. The third-order valence-corrected chi connectivity index (χ3v) is 4.53. The molecule has 0 amide bonds. The van der Waals surface area contributed by atoms with Gasteiger partial charge in [0.25, 0.3) is 0 Å². The second kappa shape index (κ2) is 6.27. The zero-order chi connectivity index (χ0) is 13.0. The Kier molecular flexibility index (Phi) is 4.69. The van der Waals surface area contributed by atoms with E-state index in [1.807, 2.05) is 41.1 Å². The fourth-order valence-electron chi connectivity index (χ4n) is 1.77. The van der Waals surface area contributed by atoms with E-state index in [1.54, 1.807) is 0 Å². The Labute approximate surface area is 119 Å². The van der Waals surface area contributed by atoms with Gasteiger partial charge in [0.2, 0.25) is 0 Å². The lowest BCUT2D eigenvalue weighted by atomic mass is 10.0. The molecule has 18 heavy (non-hydrogen) atoms. The van der Waals surface area contributed by atoms with Gasteiger partial charge in [0.15, 0.2) is 5.78 Å². The number of Topliss-reactive ketones (excluding diaryl/α,β-unsaturated/α-hetero) is 1. The van der Waals surface area contributed by atoms with Crippen molar-refractivity contribution >= 4 is 33.0 Å². The van der Waals surface area contributed by atoms with Crippen molar-refractivity contribution in [1.29, 1.82) is 0 Å². The molecule has 0 aliphatic rings. The average molecular weight is 324 g/mol. The number of ketones is 1. The molecular weight excluding hydrogens is 310 g/mol. The number of carbonyl (C=O) groups excluding carboxylic acids is 1. The summed E-state index contributed by atoms with van der Waals surface area (Å²) in [6.07, 6.45) is 1.15. The summed E-state index contributed by atoms with van der Waals surface area (Å²) in [7, 11) is 0. The molecule has 2 rings (SSSR count). The maximum atomic E-state index is 12.0. The van der Waals surface area contributed by atoms with Crippen molar-refractivity contribution in [2.45, 2.75) is 18.9 Å². The third-order valence-electron chi connectivity index (χ3n) is 2.83.